The Balaban J connectivity index is 0.00000240. The fourth-order valence-electron chi connectivity index (χ4n) is 7.47. The van der Waals surface area contributed by atoms with Crippen molar-refractivity contribution < 1.29 is 21.0 Å². The van der Waals surface area contributed by atoms with Crippen LogP contribution in [-0.4, -0.2) is 3.26 Å². The summed E-state index contributed by atoms with van der Waals surface area (Å²) in [5.41, 5.74) is 14.1. The van der Waals surface area contributed by atoms with Crippen LogP contribution in [-0.2, 0) is 31.8 Å². The number of allylic oxidation sites excluding steroid dienone is 4. The molecular weight excluding hydrogens is 766 g/mol. The fourth-order valence-corrected chi connectivity index (χ4v) is 21.6. The van der Waals surface area contributed by atoms with Crippen LogP contribution in [0.5, 0.6) is 0 Å². The summed E-state index contributed by atoms with van der Waals surface area (Å²) in [7, 11) is 0. The van der Waals surface area contributed by atoms with Crippen molar-refractivity contribution in [2.75, 3.05) is 0 Å². The molecule has 1 saturated carbocycles. The van der Waals surface area contributed by atoms with Crippen molar-refractivity contribution >= 4 is 28.1 Å². The average Bonchev–Trinajstić information content (AvgIpc) is 3.57. The third-order valence-electron chi connectivity index (χ3n) is 10.6. The maximum absolute atomic E-state index is 2.82. The molecule has 0 bridgehead atoms. The van der Waals surface area contributed by atoms with Gasteiger partial charge in [-0.25, -0.2) is 0 Å². The first-order valence-electron chi connectivity index (χ1n) is 17.3. The third-order valence-corrected chi connectivity index (χ3v) is 23.3. The predicted molar refractivity (Wildman–Crippen MR) is 204 cm³/mol. The number of halogens is 2. The first-order chi connectivity index (χ1) is 20.7. The van der Waals surface area contributed by atoms with Gasteiger partial charge in [0.25, 0.3) is 0 Å². The summed E-state index contributed by atoms with van der Waals surface area (Å²) in [6, 6.07) is 22.9. The molecule has 0 nitrogen and oxygen atoms in total. The molecule has 46 heavy (non-hydrogen) atoms. The molecule has 0 heterocycles. The molecule has 0 radical (unpaired) electrons. The summed E-state index contributed by atoms with van der Waals surface area (Å²) in [4.78, 5) is 0. The van der Waals surface area contributed by atoms with E-state index in [0.29, 0.717) is 15.5 Å². The summed E-state index contributed by atoms with van der Waals surface area (Å²) in [5, 5.41) is 0. The Kier molecular flexibility index (Phi) is 11.5. The first-order valence-corrected chi connectivity index (χ1v) is 23.0. The minimum Gasteiger partial charge on any atom is -0.147 e. The van der Waals surface area contributed by atoms with Gasteiger partial charge in [-0.1, -0.05) is 0 Å². The van der Waals surface area contributed by atoms with E-state index in [9.17, 15) is 0 Å². The van der Waals surface area contributed by atoms with Crippen molar-refractivity contribution in [2.24, 2.45) is 5.92 Å². The molecule has 6 rings (SSSR count). The smallest absolute Gasteiger partial charge is 0.147 e. The number of hydrogen-bond donors (Lipinski definition) is 0. The van der Waals surface area contributed by atoms with Crippen LogP contribution >= 0.6 is 24.8 Å². The number of rotatable bonds is 6. The molecule has 0 N–H and O–H groups in total. The largest absolute Gasteiger partial charge is 0.147 e. The molecule has 1 fully saturated rings. The summed E-state index contributed by atoms with van der Waals surface area (Å²) in [5.74, 6) is 1.81. The number of benzene rings is 3. The van der Waals surface area contributed by atoms with E-state index in [4.69, 9.17) is 0 Å². The van der Waals surface area contributed by atoms with E-state index >= 15 is 0 Å². The van der Waals surface area contributed by atoms with Crippen LogP contribution in [0.1, 0.15) is 149 Å². The molecule has 0 unspecified atom stereocenters. The van der Waals surface area contributed by atoms with Crippen molar-refractivity contribution in [1.29, 1.82) is 0 Å². The van der Waals surface area contributed by atoms with E-state index in [1.54, 1.807) is 16.7 Å². The van der Waals surface area contributed by atoms with Crippen molar-refractivity contribution in [3.05, 3.63) is 115 Å². The summed E-state index contributed by atoms with van der Waals surface area (Å²) >= 11 is -2.82. The fraction of sp³-hybridized carbons (Fsp3) is 0.465. The second-order valence-electron chi connectivity index (χ2n) is 16.5. The van der Waals surface area contributed by atoms with Crippen LogP contribution in [0.4, 0.5) is 0 Å². The Hall–Kier alpha value is -1.54. The van der Waals surface area contributed by atoms with Crippen LogP contribution in [0.2, 0.25) is 0 Å². The van der Waals surface area contributed by atoms with Gasteiger partial charge < -0.3 is 0 Å². The summed E-state index contributed by atoms with van der Waals surface area (Å²) < 4.78 is 4.26. The Bertz CT molecular complexity index is 1590. The van der Waals surface area contributed by atoms with E-state index in [2.05, 4.69) is 142 Å². The molecule has 0 aromatic heterocycles. The Morgan fingerprint density at radius 1 is 0.696 bits per heavy atom. The van der Waals surface area contributed by atoms with Crippen LogP contribution in [0.15, 0.2) is 76.2 Å². The topological polar surface area (TPSA) is 0 Å². The van der Waals surface area contributed by atoms with Crippen molar-refractivity contribution in [2.45, 2.75) is 121 Å². The standard InChI is InChI=1S/C21H25.C17H24.C5H5.2ClH.Hf/c1-20(2,3)16-7-9-18-14(12-16)11-15-13-17(21(4,5)6)8-10-19(15)18;1-12(2)16-9-15(8-14-6-5-7-14)10-17(11-16)13(3)4;1-2-4-5-3-1;;;/h7-13H,1-6H3;9-14H,5-7H2,1-4H3;1-3H,4H2;2*1H;. The molecule has 0 spiro atoms. The second-order valence-corrected chi connectivity index (χ2v) is 25.8. The van der Waals surface area contributed by atoms with Gasteiger partial charge in [0, 0.05) is 0 Å². The molecule has 3 aromatic rings. The molecule has 246 valence electrons. The second kappa shape index (κ2) is 14.1. The zero-order valence-electron chi connectivity index (χ0n) is 29.9. The summed E-state index contributed by atoms with van der Waals surface area (Å²) in [6.07, 6.45) is 12.6. The van der Waals surface area contributed by atoms with Crippen LogP contribution in [0.3, 0.4) is 0 Å². The predicted octanol–water partition coefficient (Wildman–Crippen LogP) is 12.9. The van der Waals surface area contributed by atoms with Gasteiger partial charge in [-0.15, -0.1) is 24.8 Å². The van der Waals surface area contributed by atoms with Crippen molar-refractivity contribution in [3.8, 4) is 11.1 Å². The van der Waals surface area contributed by atoms with Gasteiger partial charge in [0.15, 0.2) is 0 Å². The van der Waals surface area contributed by atoms with Crippen LogP contribution < -0.4 is 0 Å². The van der Waals surface area contributed by atoms with Gasteiger partial charge >= 0.3 is 278 Å². The Labute approximate surface area is 300 Å². The number of fused-ring (bicyclic) bond motifs is 3. The van der Waals surface area contributed by atoms with Crippen LogP contribution in [0, 0.1) is 5.92 Å². The zero-order chi connectivity index (χ0) is 31.6. The minimum absolute atomic E-state index is 0. The molecule has 0 saturated heterocycles. The SMILES string of the molecule is CC(C)c1cc(/[C](C2CCC2)=[Hf](/[C]2=CC=CC2)[CH]2c3cc(C(C)(C)C)ccc3-c3ccc(C(C)(C)C)cc32)cc(C(C)C)c1.Cl.Cl. The average molecular weight is 822 g/mol. The summed E-state index contributed by atoms with van der Waals surface area (Å²) in [6.45, 7) is 23.8. The van der Waals surface area contributed by atoms with Gasteiger partial charge in [-0.05, 0) is 0 Å². The van der Waals surface area contributed by atoms with E-state index in [0.717, 1.165) is 12.3 Å². The molecule has 3 aliphatic rings. The van der Waals surface area contributed by atoms with E-state index < -0.39 is 21.0 Å². The molecule has 0 aliphatic heterocycles. The molecule has 0 atom stereocenters. The maximum atomic E-state index is 2.65. The van der Waals surface area contributed by atoms with Gasteiger partial charge in [-0.2, -0.15) is 0 Å². The van der Waals surface area contributed by atoms with Gasteiger partial charge in [0.1, 0.15) is 0 Å². The molecule has 3 heteroatoms. The monoisotopic (exact) mass is 822 g/mol. The number of hydrogen-bond acceptors (Lipinski definition) is 0. The van der Waals surface area contributed by atoms with Crippen molar-refractivity contribution in [3.63, 3.8) is 0 Å². The maximum Gasteiger partial charge on any atom is -0.147 e. The molecule has 3 aromatic carbocycles. The molecular formula is C43H56Cl2Hf. The Morgan fingerprint density at radius 2 is 1.20 bits per heavy atom. The van der Waals surface area contributed by atoms with Gasteiger partial charge in [0.05, 0.1) is 0 Å². The minimum atomic E-state index is -2.82. The first kappa shape index (κ1) is 37.3. The Morgan fingerprint density at radius 3 is 1.57 bits per heavy atom. The van der Waals surface area contributed by atoms with Crippen LogP contribution in [0.25, 0.3) is 11.1 Å². The zero-order valence-corrected chi connectivity index (χ0v) is 35.1. The van der Waals surface area contributed by atoms with Crippen molar-refractivity contribution in [1.82, 2.24) is 0 Å². The normalized spacial score (nSPS) is 16.8. The van der Waals surface area contributed by atoms with E-state index in [-0.39, 0.29) is 35.6 Å². The quantitative estimate of drug-likeness (QED) is 0.217. The molecule has 3 aliphatic carbocycles. The van der Waals surface area contributed by atoms with E-state index in [1.807, 2.05) is 6.58 Å². The molecule has 0 amide bonds. The third kappa shape index (κ3) is 7.09. The van der Waals surface area contributed by atoms with Gasteiger partial charge in [-0.3, -0.25) is 0 Å². The van der Waals surface area contributed by atoms with E-state index in [1.165, 1.54) is 52.6 Å². The van der Waals surface area contributed by atoms with Gasteiger partial charge in [0.2, 0.25) is 0 Å².